The SMILES string of the molecule is COc1ccc(Cl)cc1COc1ccc2c(c1)OCC2N. The van der Waals surface area contributed by atoms with Gasteiger partial charge in [-0.15, -0.1) is 0 Å². The van der Waals surface area contributed by atoms with E-state index in [4.69, 9.17) is 31.5 Å². The number of hydrogen-bond donors (Lipinski definition) is 1. The molecule has 0 saturated heterocycles. The predicted molar refractivity (Wildman–Crippen MR) is 81.2 cm³/mol. The fourth-order valence-electron chi connectivity index (χ4n) is 2.33. The lowest BCUT2D eigenvalue weighted by Gasteiger charge is -2.11. The third-order valence-corrected chi connectivity index (χ3v) is 3.67. The lowest BCUT2D eigenvalue weighted by atomic mass is 10.1. The van der Waals surface area contributed by atoms with Crippen molar-refractivity contribution in [3.8, 4) is 17.2 Å². The van der Waals surface area contributed by atoms with Crippen molar-refractivity contribution < 1.29 is 14.2 Å². The van der Waals surface area contributed by atoms with Gasteiger partial charge in [-0.05, 0) is 30.3 Å². The highest BCUT2D eigenvalue weighted by atomic mass is 35.5. The molecule has 110 valence electrons. The summed E-state index contributed by atoms with van der Waals surface area (Å²) >= 11 is 6.00. The van der Waals surface area contributed by atoms with Gasteiger partial charge in [0.05, 0.1) is 13.2 Å². The van der Waals surface area contributed by atoms with Crippen molar-refractivity contribution in [2.24, 2.45) is 5.73 Å². The summed E-state index contributed by atoms with van der Waals surface area (Å²) in [5, 5.41) is 0.651. The lowest BCUT2D eigenvalue weighted by Crippen LogP contribution is -2.10. The molecule has 1 heterocycles. The first-order chi connectivity index (χ1) is 10.2. The first-order valence-electron chi connectivity index (χ1n) is 6.65. The van der Waals surface area contributed by atoms with Crippen molar-refractivity contribution in [3.63, 3.8) is 0 Å². The third-order valence-electron chi connectivity index (χ3n) is 3.44. The maximum Gasteiger partial charge on any atom is 0.127 e. The molecule has 3 rings (SSSR count). The second kappa shape index (κ2) is 5.84. The highest BCUT2D eigenvalue weighted by Crippen LogP contribution is 2.34. The van der Waals surface area contributed by atoms with Crippen LogP contribution in [0.5, 0.6) is 17.2 Å². The standard InChI is InChI=1S/C16H16ClNO3/c1-19-15-5-2-11(17)6-10(15)8-20-12-3-4-13-14(18)9-21-16(13)7-12/h2-7,14H,8-9,18H2,1H3. The Bertz CT molecular complexity index is 660. The summed E-state index contributed by atoms with van der Waals surface area (Å²) < 4.78 is 16.6. The van der Waals surface area contributed by atoms with Gasteiger partial charge in [0.25, 0.3) is 0 Å². The van der Waals surface area contributed by atoms with E-state index in [1.165, 1.54) is 0 Å². The highest BCUT2D eigenvalue weighted by Gasteiger charge is 2.20. The molecule has 0 amide bonds. The zero-order chi connectivity index (χ0) is 14.8. The van der Waals surface area contributed by atoms with Gasteiger partial charge in [-0.3, -0.25) is 0 Å². The van der Waals surface area contributed by atoms with Gasteiger partial charge in [0.2, 0.25) is 0 Å². The van der Waals surface area contributed by atoms with Crippen molar-refractivity contribution >= 4 is 11.6 Å². The molecule has 1 aliphatic rings. The quantitative estimate of drug-likeness (QED) is 0.941. The number of hydrogen-bond acceptors (Lipinski definition) is 4. The van der Waals surface area contributed by atoms with Crippen molar-refractivity contribution in [1.82, 2.24) is 0 Å². The van der Waals surface area contributed by atoms with Gasteiger partial charge in [0.1, 0.15) is 30.5 Å². The van der Waals surface area contributed by atoms with E-state index in [0.717, 1.165) is 28.4 Å². The Morgan fingerprint density at radius 3 is 2.95 bits per heavy atom. The molecule has 0 radical (unpaired) electrons. The Morgan fingerprint density at radius 1 is 1.29 bits per heavy atom. The maximum atomic E-state index is 6.00. The summed E-state index contributed by atoms with van der Waals surface area (Å²) in [6.45, 7) is 0.884. The Hall–Kier alpha value is -1.91. The van der Waals surface area contributed by atoms with Gasteiger partial charge in [0.15, 0.2) is 0 Å². The van der Waals surface area contributed by atoms with E-state index in [1.54, 1.807) is 13.2 Å². The third kappa shape index (κ3) is 2.91. The summed E-state index contributed by atoms with van der Waals surface area (Å²) in [7, 11) is 1.62. The normalized spacial score (nSPS) is 16.2. The van der Waals surface area contributed by atoms with Crippen molar-refractivity contribution in [3.05, 3.63) is 52.5 Å². The molecule has 0 saturated carbocycles. The monoisotopic (exact) mass is 305 g/mol. The zero-order valence-corrected chi connectivity index (χ0v) is 12.4. The predicted octanol–water partition coefficient (Wildman–Crippen LogP) is 3.32. The molecule has 4 nitrogen and oxygen atoms in total. The maximum absolute atomic E-state index is 6.00. The van der Waals surface area contributed by atoms with E-state index in [1.807, 2.05) is 30.3 Å². The van der Waals surface area contributed by atoms with Crippen LogP contribution in [0.4, 0.5) is 0 Å². The topological polar surface area (TPSA) is 53.7 Å². The second-order valence-electron chi connectivity index (χ2n) is 4.86. The molecule has 5 heteroatoms. The van der Waals surface area contributed by atoms with Crippen molar-refractivity contribution in [1.29, 1.82) is 0 Å². The van der Waals surface area contributed by atoms with Crippen LogP contribution in [0.15, 0.2) is 36.4 Å². The number of fused-ring (bicyclic) bond motifs is 1. The molecule has 0 bridgehead atoms. The summed E-state index contributed by atoms with van der Waals surface area (Å²) in [4.78, 5) is 0. The number of methoxy groups -OCH3 is 1. The van der Waals surface area contributed by atoms with Gasteiger partial charge >= 0.3 is 0 Å². The molecular weight excluding hydrogens is 290 g/mol. The van der Waals surface area contributed by atoms with E-state index >= 15 is 0 Å². The average Bonchev–Trinajstić information content (AvgIpc) is 2.86. The molecule has 2 aromatic rings. The highest BCUT2D eigenvalue weighted by molar-refractivity contribution is 6.30. The van der Waals surface area contributed by atoms with Gasteiger partial charge < -0.3 is 19.9 Å². The smallest absolute Gasteiger partial charge is 0.127 e. The van der Waals surface area contributed by atoms with Crippen LogP contribution < -0.4 is 19.9 Å². The van der Waals surface area contributed by atoms with Crippen LogP contribution in [-0.2, 0) is 6.61 Å². The molecular formula is C16H16ClNO3. The molecule has 2 aromatic carbocycles. The molecule has 2 N–H and O–H groups in total. The Balaban J connectivity index is 1.75. The summed E-state index contributed by atoms with van der Waals surface area (Å²) in [6, 6.07) is 11.1. The van der Waals surface area contributed by atoms with Gasteiger partial charge in [-0.2, -0.15) is 0 Å². The minimum absolute atomic E-state index is 0.0536. The zero-order valence-electron chi connectivity index (χ0n) is 11.6. The number of halogens is 1. The molecule has 0 fully saturated rings. The van der Waals surface area contributed by atoms with Crippen molar-refractivity contribution in [2.75, 3.05) is 13.7 Å². The average molecular weight is 306 g/mol. The minimum Gasteiger partial charge on any atom is -0.496 e. The van der Waals surface area contributed by atoms with E-state index in [0.29, 0.717) is 18.2 Å². The van der Waals surface area contributed by atoms with Crippen LogP contribution in [0.2, 0.25) is 5.02 Å². The molecule has 21 heavy (non-hydrogen) atoms. The molecule has 0 spiro atoms. The summed E-state index contributed by atoms with van der Waals surface area (Å²) in [6.07, 6.45) is 0. The number of benzene rings is 2. The number of ether oxygens (including phenoxy) is 3. The summed E-state index contributed by atoms with van der Waals surface area (Å²) in [5.41, 5.74) is 7.83. The molecule has 0 aromatic heterocycles. The van der Waals surface area contributed by atoms with Crippen LogP contribution in [-0.4, -0.2) is 13.7 Å². The first-order valence-corrected chi connectivity index (χ1v) is 7.02. The molecule has 1 aliphatic heterocycles. The fraction of sp³-hybridized carbons (Fsp3) is 0.250. The fourth-order valence-corrected chi connectivity index (χ4v) is 2.52. The minimum atomic E-state index is -0.0536. The largest absolute Gasteiger partial charge is 0.496 e. The number of nitrogens with two attached hydrogens (primary N) is 1. The second-order valence-corrected chi connectivity index (χ2v) is 5.30. The lowest BCUT2D eigenvalue weighted by molar-refractivity contribution is 0.293. The van der Waals surface area contributed by atoms with Crippen LogP contribution in [0, 0.1) is 0 Å². The number of rotatable bonds is 4. The van der Waals surface area contributed by atoms with Crippen LogP contribution >= 0.6 is 11.6 Å². The van der Waals surface area contributed by atoms with Gasteiger partial charge in [0, 0.05) is 22.2 Å². The summed E-state index contributed by atoms with van der Waals surface area (Å²) in [5.74, 6) is 2.27. The first kappa shape index (κ1) is 14.0. The molecule has 1 unspecified atom stereocenters. The van der Waals surface area contributed by atoms with E-state index < -0.39 is 0 Å². The Kier molecular flexibility index (Phi) is 3.90. The van der Waals surface area contributed by atoms with Gasteiger partial charge in [-0.1, -0.05) is 11.6 Å². The van der Waals surface area contributed by atoms with Crippen LogP contribution in [0.3, 0.4) is 0 Å². The van der Waals surface area contributed by atoms with Crippen LogP contribution in [0.1, 0.15) is 17.2 Å². The van der Waals surface area contributed by atoms with E-state index in [-0.39, 0.29) is 6.04 Å². The molecule has 0 aliphatic carbocycles. The Labute approximate surface area is 128 Å². The van der Waals surface area contributed by atoms with Gasteiger partial charge in [-0.25, -0.2) is 0 Å². The Morgan fingerprint density at radius 2 is 2.14 bits per heavy atom. The van der Waals surface area contributed by atoms with Crippen molar-refractivity contribution in [2.45, 2.75) is 12.6 Å². The van der Waals surface area contributed by atoms with E-state index in [2.05, 4.69) is 0 Å². The molecule has 1 atom stereocenters. The van der Waals surface area contributed by atoms with E-state index in [9.17, 15) is 0 Å². The van der Waals surface area contributed by atoms with Crippen LogP contribution in [0.25, 0.3) is 0 Å².